The minimum atomic E-state index is -1.59. The van der Waals surface area contributed by atoms with Crippen LogP contribution in [0.2, 0.25) is 5.02 Å². The van der Waals surface area contributed by atoms with Gasteiger partial charge in [-0.25, -0.2) is 13.6 Å². The van der Waals surface area contributed by atoms with E-state index in [4.69, 9.17) is 11.6 Å². The molecule has 1 aliphatic rings. The van der Waals surface area contributed by atoms with E-state index in [1.165, 1.54) is 37.3 Å². The molecular formula is C18H13ClF2N2O3. The van der Waals surface area contributed by atoms with Gasteiger partial charge in [-0.05, 0) is 48.9 Å². The van der Waals surface area contributed by atoms with Crippen molar-refractivity contribution in [1.82, 2.24) is 10.2 Å². The summed E-state index contributed by atoms with van der Waals surface area (Å²) in [5.74, 6) is -3.39. The topological polar surface area (TPSA) is 66.5 Å². The van der Waals surface area contributed by atoms with Gasteiger partial charge in [0.25, 0.3) is 5.91 Å². The quantitative estimate of drug-likeness (QED) is 0.656. The second-order valence-electron chi connectivity index (χ2n) is 6.01. The van der Waals surface area contributed by atoms with Crippen LogP contribution in [0.15, 0.2) is 42.5 Å². The Kier molecular flexibility index (Phi) is 4.50. The number of carbonyl (C=O) groups is 3. The van der Waals surface area contributed by atoms with Gasteiger partial charge in [-0.3, -0.25) is 14.5 Å². The predicted molar refractivity (Wildman–Crippen MR) is 89.7 cm³/mol. The van der Waals surface area contributed by atoms with E-state index in [0.717, 1.165) is 17.0 Å². The van der Waals surface area contributed by atoms with E-state index in [1.54, 1.807) is 0 Å². The summed E-state index contributed by atoms with van der Waals surface area (Å²) in [7, 11) is 0. The lowest BCUT2D eigenvalue weighted by molar-refractivity contribution is -0.130. The standard InChI is InChI=1S/C18H13ClF2N2O3/c1-18(11-4-7-13(20)14(21)8-11)16(25)23(17(26)22-18)9-15(24)10-2-5-12(19)6-3-10/h2-8H,9H2,1H3,(H,22,26). The minimum absolute atomic E-state index is 0.0798. The molecule has 0 aromatic heterocycles. The number of imide groups is 1. The molecule has 0 spiro atoms. The number of amides is 3. The number of Topliss-reactive ketones (excluding diaryl/α,β-unsaturated/α-hetero) is 1. The number of halogens is 3. The fourth-order valence-electron chi connectivity index (χ4n) is 2.71. The van der Waals surface area contributed by atoms with Crippen LogP contribution >= 0.6 is 11.6 Å². The van der Waals surface area contributed by atoms with E-state index in [0.29, 0.717) is 5.02 Å². The molecule has 5 nitrogen and oxygen atoms in total. The largest absolute Gasteiger partial charge is 0.325 e. The first-order chi connectivity index (χ1) is 12.2. The molecule has 2 aromatic carbocycles. The van der Waals surface area contributed by atoms with Gasteiger partial charge < -0.3 is 5.32 Å². The zero-order valence-corrected chi connectivity index (χ0v) is 14.3. The fraction of sp³-hybridized carbons (Fsp3) is 0.167. The summed E-state index contributed by atoms with van der Waals surface area (Å²) in [6, 6.07) is 8.15. The molecule has 1 atom stereocenters. The lowest BCUT2D eigenvalue weighted by Gasteiger charge is -2.22. The number of nitrogens with one attached hydrogen (secondary N) is 1. The number of nitrogens with zero attached hydrogens (tertiary/aromatic N) is 1. The van der Waals surface area contributed by atoms with Crippen LogP contribution in [0.1, 0.15) is 22.8 Å². The molecule has 0 aliphatic carbocycles. The van der Waals surface area contributed by atoms with Crippen molar-refractivity contribution in [2.75, 3.05) is 6.54 Å². The molecule has 134 valence electrons. The Hall–Kier alpha value is -2.80. The lowest BCUT2D eigenvalue weighted by Crippen LogP contribution is -2.41. The average molecular weight is 379 g/mol. The van der Waals surface area contributed by atoms with Crippen LogP contribution in [0, 0.1) is 11.6 Å². The SMILES string of the molecule is CC1(c2ccc(F)c(F)c2)NC(=O)N(CC(=O)c2ccc(Cl)cc2)C1=O. The summed E-state index contributed by atoms with van der Waals surface area (Å²) in [5.41, 5.74) is -1.22. The Labute approximate surface area is 152 Å². The molecular weight excluding hydrogens is 366 g/mol. The third-order valence-corrected chi connectivity index (χ3v) is 4.49. The van der Waals surface area contributed by atoms with Crippen LogP contribution in [0.5, 0.6) is 0 Å². The number of urea groups is 1. The highest BCUT2D eigenvalue weighted by molar-refractivity contribution is 6.30. The van der Waals surface area contributed by atoms with Crippen LogP contribution in [0.4, 0.5) is 13.6 Å². The summed E-state index contributed by atoms with van der Waals surface area (Å²) in [4.78, 5) is 38.0. The van der Waals surface area contributed by atoms with Crippen molar-refractivity contribution in [3.63, 3.8) is 0 Å². The molecule has 1 N–H and O–H groups in total. The maximum Gasteiger partial charge on any atom is 0.325 e. The van der Waals surface area contributed by atoms with E-state index >= 15 is 0 Å². The molecule has 2 aromatic rings. The normalized spacial score (nSPS) is 19.6. The number of hydrogen-bond acceptors (Lipinski definition) is 3. The molecule has 26 heavy (non-hydrogen) atoms. The van der Waals surface area contributed by atoms with E-state index < -0.39 is 41.4 Å². The second-order valence-corrected chi connectivity index (χ2v) is 6.44. The number of rotatable bonds is 4. The monoisotopic (exact) mass is 378 g/mol. The van der Waals surface area contributed by atoms with Crippen molar-refractivity contribution in [3.8, 4) is 0 Å². The van der Waals surface area contributed by atoms with Gasteiger partial charge in [-0.2, -0.15) is 0 Å². The molecule has 3 amide bonds. The smallest absolute Gasteiger partial charge is 0.319 e. The summed E-state index contributed by atoms with van der Waals surface area (Å²) < 4.78 is 26.6. The molecule has 8 heteroatoms. The molecule has 1 heterocycles. The van der Waals surface area contributed by atoms with Gasteiger partial charge in [0.05, 0.1) is 6.54 Å². The summed E-state index contributed by atoms with van der Waals surface area (Å²) >= 11 is 5.76. The van der Waals surface area contributed by atoms with E-state index in [2.05, 4.69) is 5.32 Å². The van der Waals surface area contributed by atoms with E-state index in [9.17, 15) is 23.2 Å². The van der Waals surface area contributed by atoms with E-state index in [1.807, 2.05) is 0 Å². The average Bonchev–Trinajstić information content (AvgIpc) is 2.82. The first-order valence-electron chi connectivity index (χ1n) is 7.61. The van der Waals surface area contributed by atoms with Crippen LogP contribution in [0.3, 0.4) is 0 Å². The maximum atomic E-state index is 13.5. The first-order valence-corrected chi connectivity index (χ1v) is 7.98. The number of carbonyl (C=O) groups excluding carboxylic acids is 3. The third kappa shape index (κ3) is 3.06. The summed E-state index contributed by atoms with van der Waals surface area (Å²) in [6.45, 7) is 0.887. The summed E-state index contributed by atoms with van der Waals surface area (Å²) in [6.07, 6.45) is 0. The number of ketones is 1. The Morgan fingerprint density at radius 1 is 1.12 bits per heavy atom. The third-order valence-electron chi connectivity index (χ3n) is 4.24. The van der Waals surface area contributed by atoms with Crippen LogP contribution < -0.4 is 5.32 Å². The van der Waals surface area contributed by atoms with Crippen molar-refractivity contribution in [3.05, 3.63) is 70.2 Å². The van der Waals surface area contributed by atoms with Gasteiger partial charge in [0, 0.05) is 10.6 Å². The van der Waals surface area contributed by atoms with Crippen molar-refractivity contribution in [2.24, 2.45) is 0 Å². The summed E-state index contributed by atoms with van der Waals surface area (Å²) in [5, 5.41) is 2.88. The Morgan fingerprint density at radius 2 is 1.77 bits per heavy atom. The molecule has 1 aliphatic heterocycles. The Morgan fingerprint density at radius 3 is 2.38 bits per heavy atom. The van der Waals surface area contributed by atoms with E-state index in [-0.39, 0.29) is 11.1 Å². The van der Waals surface area contributed by atoms with Crippen LogP contribution in [-0.2, 0) is 10.3 Å². The molecule has 0 bridgehead atoms. The number of benzene rings is 2. The number of hydrogen-bond donors (Lipinski definition) is 1. The van der Waals surface area contributed by atoms with Crippen molar-refractivity contribution < 1.29 is 23.2 Å². The van der Waals surface area contributed by atoms with Gasteiger partial charge >= 0.3 is 6.03 Å². The highest BCUT2D eigenvalue weighted by Gasteiger charge is 2.49. The highest BCUT2D eigenvalue weighted by Crippen LogP contribution is 2.30. The highest BCUT2D eigenvalue weighted by atomic mass is 35.5. The molecule has 1 unspecified atom stereocenters. The van der Waals surface area contributed by atoms with Gasteiger partial charge in [0.1, 0.15) is 5.54 Å². The zero-order valence-electron chi connectivity index (χ0n) is 13.6. The lowest BCUT2D eigenvalue weighted by atomic mass is 9.92. The minimum Gasteiger partial charge on any atom is -0.319 e. The van der Waals surface area contributed by atoms with Gasteiger partial charge in [0.2, 0.25) is 0 Å². The Balaban J connectivity index is 1.85. The second kappa shape index (κ2) is 6.49. The molecule has 1 saturated heterocycles. The van der Waals surface area contributed by atoms with Crippen molar-refractivity contribution >= 4 is 29.3 Å². The molecule has 1 fully saturated rings. The van der Waals surface area contributed by atoms with Gasteiger partial charge in [0.15, 0.2) is 17.4 Å². The molecule has 0 saturated carbocycles. The van der Waals surface area contributed by atoms with Gasteiger partial charge in [-0.15, -0.1) is 0 Å². The Bertz CT molecular complexity index is 917. The van der Waals surface area contributed by atoms with Crippen molar-refractivity contribution in [2.45, 2.75) is 12.5 Å². The first kappa shape index (κ1) is 18.0. The molecule has 0 radical (unpaired) electrons. The maximum absolute atomic E-state index is 13.5. The van der Waals surface area contributed by atoms with Gasteiger partial charge in [-0.1, -0.05) is 17.7 Å². The van der Waals surface area contributed by atoms with Crippen molar-refractivity contribution in [1.29, 1.82) is 0 Å². The zero-order chi connectivity index (χ0) is 19.1. The van der Waals surface area contributed by atoms with Crippen LogP contribution in [-0.4, -0.2) is 29.2 Å². The van der Waals surface area contributed by atoms with Crippen LogP contribution in [0.25, 0.3) is 0 Å². The molecule has 3 rings (SSSR count). The fourth-order valence-corrected chi connectivity index (χ4v) is 2.84. The predicted octanol–water partition coefficient (Wildman–Crippen LogP) is 3.27.